The summed E-state index contributed by atoms with van der Waals surface area (Å²) in [5.41, 5.74) is 1.12. The first kappa shape index (κ1) is 35.8. The van der Waals surface area contributed by atoms with Gasteiger partial charge in [-0.2, -0.15) is 0 Å². The van der Waals surface area contributed by atoms with Crippen LogP contribution in [0.1, 0.15) is 107 Å². The maximum Gasteiger partial charge on any atom is 0.211 e. The fourth-order valence-electron chi connectivity index (χ4n) is 8.58. The molecule has 5 N–H and O–H groups in total. The third kappa shape index (κ3) is 9.79. The SMILES string of the molecule is O=CNc1cc([C@@H](O)CNCCCCCCCCCC[N+]23CCC(CC2)[C@@H](OCC(O)(c2ccccc2)C2CCCC2)C3)ccc1O. The van der Waals surface area contributed by atoms with Gasteiger partial charge in [0, 0.05) is 25.3 Å². The highest BCUT2D eigenvalue weighted by Gasteiger charge is 2.48. The molecule has 1 saturated carbocycles. The molecular weight excluding hydrogens is 590 g/mol. The highest BCUT2D eigenvalue weighted by molar-refractivity contribution is 5.75. The number of phenolic OH excluding ortho intramolecular Hbond substituents is 1. The molecule has 260 valence electrons. The van der Waals surface area contributed by atoms with Crippen LogP contribution in [0.2, 0.25) is 0 Å². The Kier molecular flexibility index (Phi) is 13.5. The quantitative estimate of drug-likeness (QED) is 0.0463. The number of carbonyl (C=O) groups excluding carboxylic acids is 1. The lowest BCUT2D eigenvalue weighted by molar-refractivity contribution is -0.946. The fraction of sp³-hybridized carbons (Fsp3) is 0.667. The molecule has 3 atom stereocenters. The maximum absolute atomic E-state index is 12.0. The zero-order valence-corrected chi connectivity index (χ0v) is 28.5. The highest BCUT2D eigenvalue weighted by Crippen LogP contribution is 2.43. The summed E-state index contributed by atoms with van der Waals surface area (Å²) < 4.78 is 7.95. The molecule has 8 nitrogen and oxygen atoms in total. The number of ether oxygens (including phenoxy) is 1. The summed E-state index contributed by atoms with van der Waals surface area (Å²) in [7, 11) is 0. The van der Waals surface area contributed by atoms with Gasteiger partial charge in [0.1, 0.15) is 24.0 Å². The van der Waals surface area contributed by atoms with Crippen LogP contribution in [0.4, 0.5) is 5.69 Å². The Bertz CT molecular complexity index is 1210. The molecule has 0 spiro atoms. The summed E-state index contributed by atoms with van der Waals surface area (Å²) in [5.74, 6) is 0.933. The molecule has 3 heterocycles. The van der Waals surface area contributed by atoms with E-state index in [9.17, 15) is 20.1 Å². The van der Waals surface area contributed by atoms with Crippen molar-refractivity contribution >= 4 is 12.1 Å². The smallest absolute Gasteiger partial charge is 0.211 e. The first-order chi connectivity index (χ1) is 22.9. The third-order valence-electron chi connectivity index (χ3n) is 11.6. The zero-order chi connectivity index (χ0) is 33.0. The summed E-state index contributed by atoms with van der Waals surface area (Å²) in [6.45, 7) is 6.74. The minimum Gasteiger partial charge on any atom is -0.506 e. The average Bonchev–Trinajstić information content (AvgIpc) is 3.66. The van der Waals surface area contributed by atoms with Crippen molar-refractivity contribution in [2.75, 3.05) is 51.2 Å². The Morgan fingerprint density at radius 1 is 0.915 bits per heavy atom. The number of rotatable bonds is 21. The molecule has 6 rings (SSSR count). The third-order valence-corrected chi connectivity index (χ3v) is 11.6. The summed E-state index contributed by atoms with van der Waals surface area (Å²) in [6.07, 6.45) is 17.3. The maximum atomic E-state index is 12.0. The lowest BCUT2D eigenvalue weighted by Gasteiger charge is -2.53. The van der Waals surface area contributed by atoms with Crippen molar-refractivity contribution in [3.8, 4) is 5.75 Å². The number of unbranched alkanes of at least 4 members (excludes halogenated alkanes) is 7. The van der Waals surface area contributed by atoms with Crippen LogP contribution >= 0.6 is 0 Å². The number of aromatic hydroxyl groups is 1. The molecule has 3 saturated heterocycles. The number of anilines is 1. The van der Waals surface area contributed by atoms with E-state index in [1.807, 2.05) is 18.2 Å². The number of hydrogen-bond donors (Lipinski definition) is 5. The second-order valence-corrected chi connectivity index (χ2v) is 14.7. The van der Waals surface area contributed by atoms with Gasteiger partial charge >= 0.3 is 0 Å². The fourth-order valence-corrected chi connectivity index (χ4v) is 8.58. The molecular formula is C39H60N3O5+. The standard InChI is InChI=1S/C39H59N3O5/c43-30-41-35-26-32(18-19-36(35)44)37(45)27-40-22-12-5-3-1-2-4-6-13-23-42-24-20-31(21-25-42)38(28-42)47-29-39(46,34-16-10-11-17-34)33-14-8-7-9-15-33/h7-9,14-15,18-19,26,30-31,34,37-38,40,45-46H,1-6,10-13,16-17,20-25,27-29H2,(H-,41,43,44)/p+1/t31?,37-,38-,39?,42?/m0/s1. The van der Waals surface area contributed by atoms with Crippen LogP contribution in [0.5, 0.6) is 5.75 Å². The number of amides is 1. The van der Waals surface area contributed by atoms with Crippen LogP contribution in [0.15, 0.2) is 48.5 Å². The van der Waals surface area contributed by atoms with E-state index in [1.54, 1.807) is 12.1 Å². The van der Waals surface area contributed by atoms with Gasteiger partial charge in [-0.1, -0.05) is 81.3 Å². The Morgan fingerprint density at radius 3 is 2.30 bits per heavy atom. The number of hydrogen-bond acceptors (Lipinski definition) is 6. The van der Waals surface area contributed by atoms with E-state index >= 15 is 0 Å². The van der Waals surface area contributed by atoms with Gasteiger partial charge in [0.25, 0.3) is 0 Å². The summed E-state index contributed by atoms with van der Waals surface area (Å²) in [5, 5.41) is 38.0. The van der Waals surface area contributed by atoms with Gasteiger partial charge in [-0.3, -0.25) is 4.79 Å². The van der Waals surface area contributed by atoms with Crippen molar-refractivity contribution in [2.24, 2.45) is 11.8 Å². The van der Waals surface area contributed by atoms with Crippen LogP contribution < -0.4 is 10.6 Å². The molecule has 0 radical (unpaired) electrons. The van der Waals surface area contributed by atoms with E-state index in [-0.39, 0.29) is 11.9 Å². The van der Waals surface area contributed by atoms with Gasteiger partial charge in [0.05, 0.1) is 38.0 Å². The zero-order valence-electron chi connectivity index (χ0n) is 28.5. The van der Waals surface area contributed by atoms with Crippen molar-refractivity contribution in [1.82, 2.24) is 5.32 Å². The average molecular weight is 651 g/mol. The first-order valence-electron chi connectivity index (χ1n) is 18.6. The number of carbonyl (C=O) groups is 1. The Balaban J connectivity index is 0.925. The largest absolute Gasteiger partial charge is 0.506 e. The second-order valence-electron chi connectivity index (χ2n) is 14.7. The summed E-state index contributed by atoms with van der Waals surface area (Å²) in [6, 6.07) is 15.1. The first-order valence-corrected chi connectivity index (χ1v) is 18.6. The number of quaternary nitrogens is 1. The molecule has 0 aromatic heterocycles. The van der Waals surface area contributed by atoms with Gasteiger partial charge in [0.15, 0.2) is 0 Å². The predicted molar refractivity (Wildman–Crippen MR) is 187 cm³/mol. The van der Waals surface area contributed by atoms with E-state index < -0.39 is 11.7 Å². The molecule has 8 heteroatoms. The highest BCUT2D eigenvalue weighted by atomic mass is 16.5. The number of nitrogens with one attached hydrogen (secondary N) is 2. The number of nitrogens with zero attached hydrogens (tertiary/aromatic N) is 1. The molecule has 2 bridgehead atoms. The van der Waals surface area contributed by atoms with Crippen LogP contribution in [0.3, 0.4) is 0 Å². The van der Waals surface area contributed by atoms with Crippen LogP contribution in [-0.4, -0.2) is 78.2 Å². The van der Waals surface area contributed by atoms with E-state index in [0.717, 1.165) is 37.9 Å². The Labute approximate surface area is 282 Å². The number of piperidine rings is 3. The van der Waals surface area contributed by atoms with E-state index in [0.29, 0.717) is 42.6 Å². The lowest BCUT2D eigenvalue weighted by Crippen LogP contribution is -2.64. The van der Waals surface area contributed by atoms with Crippen molar-refractivity contribution < 1.29 is 29.3 Å². The van der Waals surface area contributed by atoms with E-state index in [2.05, 4.69) is 22.8 Å². The summed E-state index contributed by atoms with van der Waals surface area (Å²) >= 11 is 0. The molecule has 1 aliphatic carbocycles. The van der Waals surface area contributed by atoms with Crippen molar-refractivity contribution in [3.05, 3.63) is 59.7 Å². The Hall–Kier alpha value is -2.49. The van der Waals surface area contributed by atoms with E-state index in [1.165, 1.54) is 101 Å². The molecule has 1 unspecified atom stereocenters. The van der Waals surface area contributed by atoms with Gasteiger partial charge < -0.3 is 35.2 Å². The van der Waals surface area contributed by atoms with Crippen LogP contribution in [0.25, 0.3) is 0 Å². The molecule has 4 fully saturated rings. The number of fused-ring (bicyclic) bond motifs is 3. The molecule has 47 heavy (non-hydrogen) atoms. The molecule has 3 aliphatic heterocycles. The number of aliphatic hydroxyl groups excluding tert-OH is 1. The molecule has 4 aliphatic rings. The van der Waals surface area contributed by atoms with Crippen molar-refractivity contribution in [2.45, 2.75) is 108 Å². The lowest BCUT2D eigenvalue weighted by atomic mass is 9.80. The van der Waals surface area contributed by atoms with Crippen molar-refractivity contribution in [3.63, 3.8) is 0 Å². The molecule has 2 aromatic carbocycles. The van der Waals surface area contributed by atoms with Gasteiger partial charge in [-0.15, -0.1) is 0 Å². The molecule has 2 aromatic rings. The van der Waals surface area contributed by atoms with Gasteiger partial charge in [-0.05, 0) is 67.8 Å². The minimum atomic E-state index is -0.871. The van der Waals surface area contributed by atoms with Crippen LogP contribution in [0, 0.1) is 11.8 Å². The number of benzene rings is 2. The monoisotopic (exact) mass is 650 g/mol. The normalized spacial score (nSPS) is 24.6. The Morgan fingerprint density at radius 2 is 1.60 bits per heavy atom. The molecule has 1 amide bonds. The topological polar surface area (TPSA) is 111 Å². The van der Waals surface area contributed by atoms with Gasteiger partial charge in [0.2, 0.25) is 6.41 Å². The van der Waals surface area contributed by atoms with Gasteiger partial charge in [-0.25, -0.2) is 0 Å². The minimum absolute atomic E-state index is 0.0147. The van der Waals surface area contributed by atoms with E-state index in [4.69, 9.17) is 4.74 Å². The van der Waals surface area contributed by atoms with Crippen molar-refractivity contribution in [1.29, 1.82) is 0 Å². The van der Waals surface area contributed by atoms with Crippen LogP contribution in [-0.2, 0) is 15.1 Å². The number of aliphatic hydroxyl groups is 2. The second kappa shape index (κ2) is 17.8. The summed E-state index contributed by atoms with van der Waals surface area (Å²) in [4.78, 5) is 10.7. The number of phenols is 1. The predicted octanol–water partition coefficient (Wildman–Crippen LogP) is 6.41.